The minimum absolute atomic E-state index is 0.277. The van der Waals surface area contributed by atoms with Crippen LogP contribution in [0.4, 0.5) is 5.13 Å². The van der Waals surface area contributed by atoms with Gasteiger partial charge in [0.25, 0.3) is 0 Å². The van der Waals surface area contributed by atoms with E-state index in [2.05, 4.69) is 10.3 Å². The van der Waals surface area contributed by atoms with Crippen LogP contribution in [0.3, 0.4) is 0 Å². The summed E-state index contributed by atoms with van der Waals surface area (Å²) in [4.78, 5) is 14.3. The van der Waals surface area contributed by atoms with Crippen LogP contribution in [0.25, 0.3) is 0 Å². The van der Waals surface area contributed by atoms with Crippen molar-refractivity contribution in [3.05, 3.63) is 11.1 Å². The van der Waals surface area contributed by atoms with Crippen LogP contribution in [0.5, 0.6) is 0 Å². The van der Waals surface area contributed by atoms with Gasteiger partial charge in [0.05, 0.1) is 11.3 Å². The molecule has 0 spiro atoms. The van der Waals surface area contributed by atoms with Crippen LogP contribution >= 0.6 is 11.3 Å². The molecule has 0 radical (unpaired) electrons. The van der Waals surface area contributed by atoms with Crippen LogP contribution in [-0.2, 0) is 9.78 Å². The van der Waals surface area contributed by atoms with Gasteiger partial charge >= 0.3 is 0 Å². The Hall–Kier alpha value is -0.650. The molecule has 0 saturated heterocycles. The molecule has 0 unspecified atom stereocenters. The molecule has 0 aliphatic rings. The smallest absolute Gasteiger partial charge is 0.184 e. The topological polar surface area (TPSA) is 43.4 Å². The van der Waals surface area contributed by atoms with E-state index in [4.69, 9.17) is 9.78 Å². The molecule has 5 heteroatoms. The fraction of sp³-hybridized carbons (Fsp3) is 0.667. The monoisotopic (exact) mass is 216 g/mol. The molecule has 0 saturated carbocycles. The van der Waals surface area contributed by atoms with E-state index in [1.54, 1.807) is 11.3 Å². The molecule has 0 aromatic carbocycles. The van der Waals surface area contributed by atoms with Crippen molar-refractivity contribution in [2.75, 3.05) is 12.0 Å². The Bertz CT molecular complexity index is 281. The van der Waals surface area contributed by atoms with Crippen LogP contribution in [0.2, 0.25) is 0 Å². The van der Waals surface area contributed by atoms with Crippen molar-refractivity contribution >= 4 is 16.5 Å². The van der Waals surface area contributed by atoms with Gasteiger partial charge in [-0.25, -0.2) is 14.8 Å². The summed E-state index contributed by atoms with van der Waals surface area (Å²) in [5.74, 6) is 0. The fourth-order valence-electron chi connectivity index (χ4n) is 0.733. The van der Waals surface area contributed by atoms with Gasteiger partial charge in [-0.2, -0.15) is 0 Å². The minimum Gasteiger partial charge on any atom is -0.336 e. The zero-order valence-corrected chi connectivity index (χ0v) is 9.77. The maximum Gasteiger partial charge on any atom is 0.184 e. The van der Waals surface area contributed by atoms with Crippen molar-refractivity contribution in [3.8, 4) is 0 Å². The van der Waals surface area contributed by atoms with Gasteiger partial charge in [-0.15, -0.1) is 11.3 Å². The largest absolute Gasteiger partial charge is 0.336 e. The van der Waals surface area contributed by atoms with E-state index >= 15 is 0 Å². The summed E-state index contributed by atoms with van der Waals surface area (Å²) >= 11 is 1.55. The second kappa shape index (κ2) is 4.72. The van der Waals surface area contributed by atoms with Crippen molar-refractivity contribution in [3.63, 3.8) is 0 Å². The molecule has 1 N–H and O–H groups in total. The average Bonchev–Trinajstić information content (AvgIpc) is 2.44. The molecule has 14 heavy (non-hydrogen) atoms. The first-order valence-corrected chi connectivity index (χ1v) is 5.32. The molecule has 4 nitrogen and oxygen atoms in total. The number of anilines is 1. The summed E-state index contributed by atoms with van der Waals surface area (Å²) in [7, 11) is 0. The first-order chi connectivity index (χ1) is 6.47. The summed E-state index contributed by atoms with van der Waals surface area (Å²) in [6.07, 6.45) is 0. The highest BCUT2D eigenvalue weighted by Crippen LogP contribution is 2.14. The standard InChI is InChI=1S/C9H16N2O2S/c1-7-5-14-8(11-7)10-6-12-13-9(2,3)4/h5H,6H2,1-4H3,(H,10,11). The van der Waals surface area contributed by atoms with E-state index < -0.39 is 0 Å². The molecular formula is C9H16N2O2S. The van der Waals surface area contributed by atoms with Gasteiger partial charge in [0.2, 0.25) is 0 Å². The van der Waals surface area contributed by atoms with Gasteiger partial charge in [0, 0.05) is 5.38 Å². The molecule has 0 bridgehead atoms. The van der Waals surface area contributed by atoms with E-state index in [9.17, 15) is 0 Å². The molecule has 1 aromatic rings. The minimum atomic E-state index is -0.277. The molecule has 0 atom stereocenters. The lowest BCUT2D eigenvalue weighted by Gasteiger charge is -2.17. The van der Waals surface area contributed by atoms with Crippen molar-refractivity contribution in [1.82, 2.24) is 4.98 Å². The third-order valence-electron chi connectivity index (χ3n) is 1.21. The first kappa shape index (κ1) is 11.4. The number of hydrogen-bond donors (Lipinski definition) is 1. The summed E-state index contributed by atoms with van der Waals surface area (Å²) in [5, 5.41) is 5.82. The van der Waals surface area contributed by atoms with Crippen LogP contribution in [0.1, 0.15) is 26.5 Å². The maximum atomic E-state index is 5.07. The Balaban J connectivity index is 2.16. The highest BCUT2D eigenvalue weighted by atomic mass is 32.1. The summed E-state index contributed by atoms with van der Waals surface area (Å²) < 4.78 is 0. The Morgan fingerprint density at radius 1 is 1.50 bits per heavy atom. The lowest BCUT2D eigenvalue weighted by atomic mass is 10.2. The quantitative estimate of drug-likeness (QED) is 0.363. The number of thiazole rings is 1. The van der Waals surface area contributed by atoms with Crippen molar-refractivity contribution in [1.29, 1.82) is 0 Å². The van der Waals surface area contributed by atoms with Gasteiger partial charge < -0.3 is 5.32 Å². The lowest BCUT2D eigenvalue weighted by Crippen LogP contribution is -2.21. The highest BCUT2D eigenvalue weighted by molar-refractivity contribution is 7.13. The molecule has 1 heterocycles. The Labute approximate surface area is 88.2 Å². The second-order valence-corrected chi connectivity index (χ2v) is 4.79. The van der Waals surface area contributed by atoms with Gasteiger partial charge in [0.1, 0.15) is 0 Å². The predicted octanol–water partition coefficient (Wildman–Crippen LogP) is 2.57. The summed E-state index contributed by atoms with van der Waals surface area (Å²) in [6.45, 7) is 8.06. The lowest BCUT2D eigenvalue weighted by molar-refractivity contribution is -0.344. The van der Waals surface area contributed by atoms with Crippen molar-refractivity contribution in [2.45, 2.75) is 33.3 Å². The predicted molar refractivity (Wildman–Crippen MR) is 57.3 cm³/mol. The zero-order valence-electron chi connectivity index (χ0n) is 8.96. The number of aryl methyl sites for hydroxylation is 1. The number of rotatable bonds is 4. The Kier molecular flexibility index (Phi) is 3.86. The SMILES string of the molecule is Cc1csc(NCOOC(C)(C)C)n1. The normalized spacial score (nSPS) is 11.7. The van der Waals surface area contributed by atoms with E-state index in [-0.39, 0.29) is 5.60 Å². The maximum absolute atomic E-state index is 5.07. The van der Waals surface area contributed by atoms with Crippen LogP contribution in [0.15, 0.2) is 5.38 Å². The number of aromatic nitrogens is 1. The van der Waals surface area contributed by atoms with E-state index in [0.29, 0.717) is 6.73 Å². The van der Waals surface area contributed by atoms with Crippen LogP contribution in [0, 0.1) is 6.92 Å². The average molecular weight is 216 g/mol. The van der Waals surface area contributed by atoms with E-state index in [1.165, 1.54) is 0 Å². The second-order valence-electron chi connectivity index (χ2n) is 3.93. The number of nitrogens with one attached hydrogen (secondary N) is 1. The summed E-state index contributed by atoms with van der Waals surface area (Å²) in [5.41, 5.74) is 0.731. The van der Waals surface area contributed by atoms with Gasteiger partial charge in [-0.05, 0) is 27.7 Å². The molecular weight excluding hydrogens is 200 g/mol. The highest BCUT2D eigenvalue weighted by Gasteiger charge is 2.10. The van der Waals surface area contributed by atoms with E-state index in [1.807, 2.05) is 33.1 Å². The van der Waals surface area contributed by atoms with Crippen molar-refractivity contribution in [2.24, 2.45) is 0 Å². The molecule has 0 amide bonds. The molecule has 0 aliphatic heterocycles. The number of nitrogens with zero attached hydrogens (tertiary/aromatic N) is 1. The molecule has 0 fully saturated rings. The molecule has 1 aromatic heterocycles. The zero-order chi connectivity index (χ0) is 10.6. The van der Waals surface area contributed by atoms with Crippen LogP contribution in [-0.4, -0.2) is 17.3 Å². The number of hydrogen-bond acceptors (Lipinski definition) is 5. The van der Waals surface area contributed by atoms with E-state index in [0.717, 1.165) is 10.8 Å². The third-order valence-corrected chi connectivity index (χ3v) is 2.13. The Morgan fingerprint density at radius 3 is 2.71 bits per heavy atom. The van der Waals surface area contributed by atoms with Gasteiger partial charge in [-0.3, -0.25) is 0 Å². The van der Waals surface area contributed by atoms with Crippen molar-refractivity contribution < 1.29 is 9.78 Å². The molecule has 80 valence electrons. The Morgan fingerprint density at radius 2 is 2.21 bits per heavy atom. The molecule has 0 aliphatic carbocycles. The van der Waals surface area contributed by atoms with Crippen LogP contribution < -0.4 is 5.32 Å². The first-order valence-electron chi connectivity index (χ1n) is 4.44. The third kappa shape index (κ3) is 4.55. The van der Waals surface area contributed by atoms with Gasteiger partial charge in [-0.1, -0.05) is 0 Å². The fourth-order valence-corrected chi connectivity index (χ4v) is 1.41. The summed E-state index contributed by atoms with van der Waals surface area (Å²) in [6, 6.07) is 0. The molecule has 1 rings (SSSR count). The van der Waals surface area contributed by atoms with Gasteiger partial charge in [0.15, 0.2) is 11.9 Å².